The summed E-state index contributed by atoms with van der Waals surface area (Å²) in [6, 6.07) is 9.43. The number of rotatable bonds is 6. The Kier molecular flexibility index (Phi) is 7.78. The number of carbonyl (C=O) groups is 2. The first-order chi connectivity index (χ1) is 22.1. The average molecular weight is 643 g/mol. The number of likely N-dealkylation sites (tertiary alicyclic amines) is 1. The minimum atomic E-state index is -4.59. The Hall–Kier alpha value is -4.33. The maximum Gasteiger partial charge on any atom is 0.416 e. The van der Waals surface area contributed by atoms with E-state index >= 15 is 0 Å². The van der Waals surface area contributed by atoms with E-state index in [4.69, 9.17) is 14.6 Å². The van der Waals surface area contributed by atoms with E-state index in [1.807, 2.05) is 24.1 Å². The molecule has 4 aliphatic rings. The second-order valence-corrected chi connectivity index (χ2v) is 12.3. The number of nitrogens with zero attached hydrogens (tertiary/aromatic N) is 6. The van der Waals surface area contributed by atoms with Gasteiger partial charge in [0.2, 0.25) is 0 Å². The standard InChI is InChI=1S/C32H34F4N6O4/c1-20-5-4-8-27(33)28(20)38-11-9-23(10-12-38)40-14-22-15-42(24-16-39(17-24)31(44)46-25-18-45-19-25)37-29(22)41(30(40)43)13-21-6-2-3-7-26(21)32(34,35)36/h2-8,15,23-25H,9-14,16-19H2,1H3. The smallest absolute Gasteiger partial charge is 0.416 e. The Morgan fingerprint density at radius 2 is 1.78 bits per heavy atom. The van der Waals surface area contributed by atoms with Crippen LogP contribution in [-0.2, 0) is 28.7 Å². The third-order valence-electron chi connectivity index (χ3n) is 9.29. The zero-order valence-electron chi connectivity index (χ0n) is 25.3. The Morgan fingerprint density at radius 3 is 2.46 bits per heavy atom. The second kappa shape index (κ2) is 11.8. The molecule has 4 aliphatic heterocycles. The zero-order chi connectivity index (χ0) is 32.2. The lowest BCUT2D eigenvalue weighted by Crippen LogP contribution is -2.54. The monoisotopic (exact) mass is 642 g/mol. The lowest BCUT2D eigenvalue weighted by atomic mass is 10.00. The van der Waals surface area contributed by atoms with E-state index in [0.717, 1.165) is 11.6 Å². The molecular weight excluding hydrogens is 608 g/mol. The Labute approximate surface area is 263 Å². The molecule has 3 fully saturated rings. The molecule has 5 heterocycles. The van der Waals surface area contributed by atoms with Crippen molar-refractivity contribution >= 4 is 23.6 Å². The number of anilines is 2. The van der Waals surface area contributed by atoms with E-state index in [-0.39, 0.29) is 42.7 Å². The van der Waals surface area contributed by atoms with Crippen LogP contribution >= 0.6 is 0 Å². The third-order valence-corrected chi connectivity index (χ3v) is 9.29. The number of piperidine rings is 1. The fourth-order valence-electron chi connectivity index (χ4n) is 6.67. The SMILES string of the molecule is Cc1cccc(F)c1N1CCC(N2Cc3cn(C4CN(C(=O)OC5COC5)C4)nc3N(Cc3ccccc3C(F)(F)F)C2=O)CC1. The van der Waals surface area contributed by atoms with Gasteiger partial charge >= 0.3 is 18.3 Å². The van der Waals surface area contributed by atoms with Crippen LogP contribution in [0, 0.1) is 12.7 Å². The number of alkyl halides is 3. The highest BCUT2D eigenvalue weighted by atomic mass is 19.4. The van der Waals surface area contributed by atoms with Crippen LogP contribution in [0.15, 0.2) is 48.7 Å². The van der Waals surface area contributed by atoms with Gasteiger partial charge in [-0.1, -0.05) is 30.3 Å². The number of para-hydroxylation sites is 1. The van der Waals surface area contributed by atoms with Gasteiger partial charge in [0.05, 0.1) is 43.6 Å². The maximum atomic E-state index is 14.7. The zero-order valence-corrected chi connectivity index (χ0v) is 25.3. The molecule has 3 saturated heterocycles. The molecule has 0 aliphatic carbocycles. The number of fused-ring (bicyclic) bond motifs is 1. The topological polar surface area (TPSA) is 83.4 Å². The van der Waals surface area contributed by atoms with E-state index < -0.39 is 23.9 Å². The molecule has 0 unspecified atom stereocenters. The molecule has 0 spiro atoms. The molecule has 0 saturated carbocycles. The van der Waals surface area contributed by atoms with E-state index in [0.29, 0.717) is 69.3 Å². The van der Waals surface area contributed by atoms with Crippen molar-refractivity contribution < 1.29 is 36.6 Å². The molecule has 1 aromatic heterocycles. The molecule has 0 radical (unpaired) electrons. The summed E-state index contributed by atoms with van der Waals surface area (Å²) in [7, 11) is 0. The van der Waals surface area contributed by atoms with Crippen molar-refractivity contribution in [3.8, 4) is 0 Å². The first-order valence-corrected chi connectivity index (χ1v) is 15.4. The largest absolute Gasteiger partial charge is 0.441 e. The van der Waals surface area contributed by atoms with Crippen molar-refractivity contribution in [3.05, 3.63) is 76.7 Å². The van der Waals surface area contributed by atoms with E-state index in [2.05, 4.69) is 0 Å². The molecule has 14 heteroatoms. The first-order valence-electron chi connectivity index (χ1n) is 15.4. The van der Waals surface area contributed by atoms with Gasteiger partial charge in [-0.25, -0.2) is 14.0 Å². The first kappa shape index (κ1) is 30.3. The number of aryl methyl sites for hydroxylation is 1. The molecule has 7 rings (SSSR count). The Bertz CT molecular complexity index is 1610. The fraction of sp³-hybridized carbons (Fsp3) is 0.469. The van der Waals surface area contributed by atoms with Gasteiger partial charge in [0.15, 0.2) is 11.9 Å². The minimum absolute atomic E-state index is 0.0342. The van der Waals surface area contributed by atoms with Crippen molar-refractivity contribution in [2.24, 2.45) is 0 Å². The number of carbonyl (C=O) groups excluding carboxylic acids is 2. The van der Waals surface area contributed by atoms with Gasteiger partial charge in [0, 0.05) is 44.0 Å². The summed E-state index contributed by atoms with van der Waals surface area (Å²) in [6.07, 6.45) is -2.29. The van der Waals surface area contributed by atoms with Crippen LogP contribution in [0.5, 0.6) is 0 Å². The lowest BCUT2D eigenvalue weighted by molar-refractivity contribution is -0.138. The predicted octanol–water partition coefficient (Wildman–Crippen LogP) is 5.35. The highest BCUT2D eigenvalue weighted by molar-refractivity contribution is 5.94. The normalized spacial score (nSPS) is 19.6. The summed E-state index contributed by atoms with van der Waals surface area (Å²) in [5.41, 5.74) is 1.26. The van der Waals surface area contributed by atoms with Crippen LogP contribution in [-0.4, -0.2) is 83.2 Å². The lowest BCUT2D eigenvalue weighted by Gasteiger charge is -2.43. The van der Waals surface area contributed by atoms with Gasteiger partial charge in [-0.15, -0.1) is 0 Å². The molecule has 0 bridgehead atoms. The van der Waals surface area contributed by atoms with Crippen LogP contribution < -0.4 is 9.80 Å². The van der Waals surface area contributed by atoms with Crippen LogP contribution in [0.3, 0.4) is 0 Å². The van der Waals surface area contributed by atoms with Gasteiger partial charge in [-0.05, 0) is 43.0 Å². The molecule has 0 atom stereocenters. The fourth-order valence-corrected chi connectivity index (χ4v) is 6.67. The second-order valence-electron chi connectivity index (χ2n) is 12.3. The predicted molar refractivity (Wildman–Crippen MR) is 159 cm³/mol. The molecule has 3 amide bonds. The molecular formula is C32H34F4N6O4. The average Bonchev–Trinajstić information content (AvgIpc) is 3.39. The van der Waals surface area contributed by atoms with Crippen LogP contribution in [0.2, 0.25) is 0 Å². The number of hydrogen-bond acceptors (Lipinski definition) is 6. The van der Waals surface area contributed by atoms with Gasteiger partial charge < -0.3 is 24.2 Å². The summed E-state index contributed by atoms with van der Waals surface area (Å²) in [6.45, 7) is 4.33. The van der Waals surface area contributed by atoms with Crippen LogP contribution in [0.1, 0.15) is 41.1 Å². The summed E-state index contributed by atoms with van der Waals surface area (Å²) in [4.78, 5) is 33.1. The number of benzene rings is 2. The van der Waals surface area contributed by atoms with Gasteiger partial charge in [0.25, 0.3) is 0 Å². The Morgan fingerprint density at radius 1 is 1.04 bits per heavy atom. The quantitative estimate of drug-likeness (QED) is 0.337. The number of ether oxygens (including phenoxy) is 2. The maximum absolute atomic E-state index is 14.7. The van der Waals surface area contributed by atoms with Crippen molar-refractivity contribution in [1.82, 2.24) is 19.6 Å². The van der Waals surface area contributed by atoms with E-state index in [1.54, 1.807) is 20.5 Å². The Balaban J connectivity index is 1.12. The number of amides is 3. The highest BCUT2D eigenvalue weighted by Crippen LogP contribution is 2.38. The third kappa shape index (κ3) is 5.63. The molecule has 0 N–H and O–H groups in total. The van der Waals surface area contributed by atoms with E-state index in [1.165, 1.54) is 29.2 Å². The minimum Gasteiger partial charge on any atom is -0.441 e. The van der Waals surface area contributed by atoms with Gasteiger partial charge in [0.1, 0.15) is 5.82 Å². The summed E-state index contributed by atoms with van der Waals surface area (Å²) < 4.78 is 68.7. The van der Waals surface area contributed by atoms with E-state index in [9.17, 15) is 27.2 Å². The molecule has 244 valence electrons. The van der Waals surface area contributed by atoms with Gasteiger partial charge in [-0.3, -0.25) is 9.58 Å². The highest BCUT2D eigenvalue weighted by Gasteiger charge is 2.42. The van der Waals surface area contributed by atoms with Crippen molar-refractivity contribution in [2.45, 2.75) is 57.2 Å². The molecule has 2 aromatic carbocycles. The van der Waals surface area contributed by atoms with Crippen LogP contribution in [0.25, 0.3) is 0 Å². The number of urea groups is 1. The van der Waals surface area contributed by atoms with Crippen LogP contribution in [0.4, 0.5) is 38.7 Å². The summed E-state index contributed by atoms with van der Waals surface area (Å²) in [5, 5.41) is 4.69. The number of halogens is 4. The summed E-state index contributed by atoms with van der Waals surface area (Å²) >= 11 is 0. The van der Waals surface area contributed by atoms with Crippen molar-refractivity contribution in [1.29, 1.82) is 0 Å². The van der Waals surface area contributed by atoms with Crippen molar-refractivity contribution in [2.75, 3.05) is 49.2 Å². The van der Waals surface area contributed by atoms with Gasteiger partial charge in [-0.2, -0.15) is 18.3 Å². The van der Waals surface area contributed by atoms with Crippen molar-refractivity contribution in [3.63, 3.8) is 0 Å². The number of hydrogen-bond donors (Lipinski definition) is 0. The molecule has 3 aromatic rings. The summed E-state index contributed by atoms with van der Waals surface area (Å²) in [5.74, 6) is 0.0178. The molecule has 46 heavy (non-hydrogen) atoms. The molecule has 10 nitrogen and oxygen atoms in total. The number of aromatic nitrogens is 2.